The number of aromatic amines is 1. The first-order valence-electron chi connectivity index (χ1n) is 7.41. The monoisotopic (exact) mass is 386 g/mol. The second kappa shape index (κ2) is 6.88. The van der Waals surface area contributed by atoms with Gasteiger partial charge in [0.15, 0.2) is 0 Å². The molecule has 122 valence electrons. The Hall–Kier alpha value is -2.60. The summed E-state index contributed by atoms with van der Waals surface area (Å²) in [6.45, 7) is 0.349. The minimum absolute atomic E-state index is 0.198. The van der Waals surface area contributed by atoms with Gasteiger partial charge in [0.25, 0.3) is 11.7 Å². The fraction of sp³-hybridized carbons (Fsp3) is 0.111. The van der Waals surface area contributed by atoms with Crippen molar-refractivity contribution < 1.29 is 14.7 Å². The molecule has 0 fully saturated rings. The second-order valence-corrected chi connectivity index (χ2v) is 6.31. The number of ketones is 1. The molecule has 3 rings (SSSR count). The molecule has 0 atom stereocenters. The number of hydrogen-bond donors (Lipinski definition) is 3. The fourth-order valence-corrected chi connectivity index (χ4v) is 2.83. The number of benzene rings is 2. The lowest BCUT2D eigenvalue weighted by molar-refractivity contribution is -0.116. The molecule has 0 saturated carbocycles. The van der Waals surface area contributed by atoms with Crippen LogP contribution in [0.5, 0.6) is 5.75 Å². The number of H-pyrrole nitrogens is 1. The number of phenolic OH excluding ortho intramolecular Hbond substituents is 1. The summed E-state index contributed by atoms with van der Waals surface area (Å²) < 4.78 is 0.844. The predicted molar refractivity (Wildman–Crippen MR) is 95.1 cm³/mol. The molecule has 0 radical (unpaired) electrons. The predicted octanol–water partition coefficient (Wildman–Crippen LogP) is 3.18. The van der Waals surface area contributed by atoms with Gasteiger partial charge in [-0.25, -0.2) is 0 Å². The van der Waals surface area contributed by atoms with Gasteiger partial charge in [-0.15, -0.1) is 0 Å². The Morgan fingerprint density at radius 2 is 1.88 bits per heavy atom. The van der Waals surface area contributed by atoms with Gasteiger partial charge in [0.05, 0.1) is 5.56 Å². The normalized spacial score (nSPS) is 10.7. The number of aromatic nitrogens is 1. The standard InChI is InChI=1S/C18H15BrN2O3/c19-12-3-6-16-14(9-12)15(10-21-16)17(23)18(24)20-8-7-11-1-4-13(22)5-2-11/h1-6,9-10,21-22H,7-8H2,(H,20,24). The zero-order valence-corrected chi connectivity index (χ0v) is 14.3. The van der Waals surface area contributed by atoms with Gasteiger partial charge in [-0.05, 0) is 42.3 Å². The van der Waals surface area contributed by atoms with Gasteiger partial charge in [0.2, 0.25) is 0 Å². The van der Waals surface area contributed by atoms with E-state index in [0.717, 1.165) is 15.6 Å². The minimum Gasteiger partial charge on any atom is -0.508 e. The third-order valence-electron chi connectivity index (χ3n) is 3.73. The first kappa shape index (κ1) is 16.3. The quantitative estimate of drug-likeness (QED) is 0.465. The molecule has 0 aliphatic heterocycles. The molecule has 0 aliphatic carbocycles. The Bertz CT molecular complexity index is 900. The van der Waals surface area contributed by atoms with E-state index >= 15 is 0 Å². The van der Waals surface area contributed by atoms with E-state index in [9.17, 15) is 14.7 Å². The highest BCUT2D eigenvalue weighted by molar-refractivity contribution is 9.10. The topological polar surface area (TPSA) is 82.2 Å². The van der Waals surface area contributed by atoms with Crippen molar-refractivity contribution in [3.8, 4) is 5.75 Å². The Labute approximate surface area is 146 Å². The summed E-state index contributed by atoms with van der Waals surface area (Å²) in [5, 5.41) is 12.6. The number of rotatable bonds is 5. The smallest absolute Gasteiger partial charge is 0.292 e. The van der Waals surface area contributed by atoms with Gasteiger partial charge in [-0.2, -0.15) is 0 Å². The van der Waals surface area contributed by atoms with E-state index in [-0.39, 0.29) is 5.75 Å². The third kappa shape index (κ3) is 3.49. The van der Waals surface area contributed by atoms with Crippen molar-refractivity contribution in [2.45, 2.75) is 6.42 Å². The van der Waals surface area contributed by atoms with Crippen LogP contribution in [0.1, 0.15) is 15.9 Å². The molecule has 3 N–H and O–H groups in total. The van der Waals surface area contributed by atoms with Crippen LogP contribution in [0.25, 0.3) is 10.9 Å². The summed E-state index contributed by atoms with van der Waals surface area (Å²) in [4.78, 5) is 27.4. The van der Waals surface area contributed by atoms with Crippen molar-refractivity contribution in [1.82, 2.24) is 10.3 Å². The molecule has 1 amide bonds. The maximum absolute atomic E-state index is 12.3. The van der Waals surface area contributed by atoms with E-state index in [4.69, 9.17) is 0 Å². The highest BCUT2D eigenvalue weighted by Crippen LogP contribution is 2.23. The van der Waals surface area contributed by atoms with E-state index < -0.39 is 11.7 Å². The summed E-state index contributed by atoms with van der Waals surface area (Å²) in [5.41, 5.74) is 2.13. The van der Waals surface area contributed by atoms with Crippen LogP contribution in [-0.4, -0.2) is 28.3 Å². The molecule has 0 spiro atoms. The second-order valence-electron chi connectivity index (χ2n) is 5.39. The number of carbonyl (C=O) groups excluding carboxylic acids is 2. The molecule has 0 unspecified atom stereocenters. The lowest BCUT2D eigenvalue weighted by Gasteiger charge is -2.05. The maximum atomic E-state index is 12.3. The summed E-state index contributed by atoms with van der Waals surface area (Å²) in [5.74, 6) is -0.997. The van der Waals surface area contributed by atoms with Gasteiger partial charge in [0, 0.05) is 28.1 Å². The number of amides is 1. The number of carbonyl (C=O) groups is 2. The molecule has 3 aromatic rings. The lowest BCUT2D eigenvalue weighted by Crippen LogP contribution is -2.32. The Balaban J connectivity index is 1.64. The number of hydrogen-bond acceptors (Lipinski definition) is 3. The molecule has 1 heterocycles. The number of aromatic hydroxyl groups is 1. The molecule has 1 aromatic heterocycles. The van der Waals surface area contributed by atoms with E-state index in [1.165, 1.54) is 0 Å². The Morgan fingerprint density at radius 1 is 1.12 bits per heavy atom. The van der Waals surface area contributed by atoms with Crippen LogP contribution in [0.2, 0.25) is 0 Å². The number of nitrogens with one attached hydrogen (secondary N) is 2. The SMILES string of the molecule is O=C(NCCc1ccc(O)cc1)C(=O)c1c[nH]c2ccc(Br)cc12. The largest absolute Gasteiger partial charge is 0.508 e. The summed E-state index contributed by atoms with van der Waals surface area (Å²) in [7, 11) is 0. The fourth-order valence-electron chi connectivity index (χ4n) is 2.47. The molecular formula is C18H15BrN2O3. The lowest BCUT2D eigenvalue weighted by atomic mass is 10.1. The molecule has 0 saturated heterocycles. The zero-order chi connectivity index (χ0) is 17.1. The van der Waals surface area contributed by atoms with Crippen LogP contribution < -0.4 is 5.32 Å². The average molecular weight is 387 g/mol. The minimum atomic E-state index is -0.630. The maximum Gasteiger partial charge on any atom is 0.292 e. The van der Waals surface area contributed by atoms with Crippen LogP contribution in [0, 0.1) is 0 Å². The molecule has 2 aromatic carbocycles. The third-order valence-corrected chi connectivity index (χ3v) is 4.22. The summed E-state index contributed by atoms with van der Waals surface area (Å²) in [6.07, 6.45) is 2.14. The highest BCUT2D eigenvalue weighted by atomic mass is 79.9. The van der Waals surface area contributed by atoms with Crippen molar-refractivity contribution in [2.75, 3.05) is 6.54 Å². The van der Waals surface area contributed by atoms with Gasteiger partial charge in [0.1, 0.15) is 5.75 Å². The summed E-state index contributed by atoms with van der Waals surface area (Å²) >= 11 is 3.37. The first-order chi connectivity index (χ1) is 11.5. The van der Waals surface area contributed by atoms with Gasteiger partial charge >= 0.3 is 0 Å². The number of halogens is 1. The van der Waals surface area contributed by atoms with E-state index in [1.54, 1.807) is 30.5 Å². The summed E-state index contributed by atoms with van der Waals surface area (Å²) in [6, 6.07) is 12.3. The van der Waals surface area contributed by atoms with Crippen LogP contribution in [0.3, 0.4) is 0 Å². The van der Waals surface area contributed by atoms with E-state index in [0.29, 0.717) is 23.9 Å². The van der Waals surface area contributed by atoms with Crippen molar-refractivity contribution in [2.24, 2.45) is 0 Å². The Morgan fingerprint density at radius 3 is 2.62 bits per heavy atom. The van der Waals surface area contributed by atoms with Gasteiger partial charge in [-0.3, -0.25) is 9.59 Å². The van der Waals surface area contributed by atoms with Crippen molar-refractivity contribution in [1.29, 1.82) is 0 Å². The molecular weight excluding hydrogens is 372 g/mol. The molecule has 6 heteroatoms. The molecule has 0 aliphatic rings. The van der Waals surface area contributed by atoms with Crippen LogP contribution in [0.15, 0.2) is 53.1 Å². The van der Waals surface area contributed by atoms with Crippen LogP contribution >= 0.6 is 15.9 Å². The molecule has 24 heavy (non-hydrogen) atoms. The van der Waals surface area contributed by atoms with Gasteiger partial charge in [-0.1, -0.05) is 28.1 Å². The van der Waals surface area contributed by atoms with Crippen molar-refractivity contribution in [3.05, 3.63) is 64.3 Å². The highest BCUT2D eigenvalue weighted by Gasteiger charge is 2.19. The van der Waals surface area contributed by atoms with Crippen molar-refractivity contribution >= 4 is 38.5 Å². The Kier molecular flexibility index (Phi) is 4.66. The van der Waals surface area contributed by atoms with Crippen LogP contribution in [-0.2, 0) is 11.2 Å². The number of phenols is 1. The van der Waals surface area contributed by atoms with E-state index in [1.807, 2.05) is 18.2 Å². The zero-order valence-electron chi connectivity index (χ0n) is 12.7. The molecule has 0 bridgehead atoms. The average Bonchev–Trinajstić information content (AvgIpc) is 2.98. The van der Waals surface area contributed by atoms with Crippen LogP contribution in [0.4, 0.5) is 0 Å². The number of fused-ring (bicyclic) bond motifs is 1. The number of Topliss-reactive ketones (excluding diaryl/α,β-unsaturated/α-hetero) is 1. The van der Waals surface area contributed by atoms with E-state index in [2.05, 4.69) is 26.2 Å². The molecule has 5 nitrogen and oxygen atoms in total. The van der Waals surface area contributed by atoms with Gasteiger partial charge < -0.3 is 15.4 Å². The van der Waals surface area contributed by atoms with Crippen molar-refractivity contribution in [3.63, 3.8) is 0 Å². The first-order valence-corrected chi connectivity index (χ1v) is 8.21.